The lowest BCUT2D eigenvalue weighted by Gasteiger charge is -2.43. The van der Waals surface area contributed by atoms with Crippen LogP contribution < -0.4 is 5.32 Å². The van der Waals surface area contributed by atoms with Crippen molar-refractivity contribution in [1.29, 1.82) is 0 Å². The van der Waals surface area contributed by atoms with Gasteiger partial charge in [-0.05, 0) is 31.4 Å². The molecule has 0 aromatic carbocycles. The van der Waals surface area contributed by atoms with E-state index in [1.165, 1.54) is 0 Å². The summed E-state index contributed by atoms with van der Waals surface area (Å²) in [7, 11) is 0. The average molecular weight is 292 g/mol. The van der Waals surface area contributed by atoms with Crippen LogP contribution >= 0.6 is 0 Å². The molecule has 0 bridgehead atoms. The van der Waals surface area contributed by atoms with Gasteiger partial charge in [0.25, 0.3) is 0 Å². The van der Waals surface area contributed by atoms with E-state index >= 15 is 0 Å². The van der Waals surface area contributed by atoms with E-state index in [1.54, 1.807) is 11.2 Å². The maximum absolute atomic E-state index is 12.7. The Morgan fingerprint density at radius 3 is 2.57 bits per heavy atom. The number of nitrogens with one attached hydrogen (secondary N) is 1. The number of hydrogen-bond donors (Lipinski definition) is 1. The van der Waals surface area contributed by atoms with Crippen LogP contribution in [0.1, 0.15) is 39.9 Å². The van der Waals surface area contributed by atoms with E-state index in [9.17, 15) is 9.59 Å². The van der Waals surface area contributed by atoms with Crippen LogP contribution in [0.4, 0.5) is 0 Å². The fourth-order valence-corrected chi connectivity index (χ4v) is 2.93. The van der Waals surface area contributed by atoms with Gasteiger partial charge < -0.3 is 14.6 Å². The number of amides is 2. The minimum Gasteiger partial charge on any atom is -0.469 e. The van der Waals surface area contributed by atoms with Gasteiger partial charge in [0.2, 0.25) is 11.8 Å². The van der Waals surface area contributed by atoms with E-state index in [2.05, 4.69) is 5.32 Å². The summed E-state index contributed by atoms with van der Waals surface area (Å²) in [5.74, 6) is 0.868. The molecule has 21 heavy (non-hydrogen) atoms. The van der Waals surface area contributed by atoms with Gasteiger partial charge in [0.1, 0.15) is 17.8 Å². The number of furan rings is 1. The van der Waals surface area contributed by atoms with E-state index in [0.29, 0.717) is 12.8 Å². The summed E-state index contributed by atoms with van der Waals surface area (Å²) >= 11 is 0. The van der Waals surface area contributed by atoms with Crippen LogP contribution in [0.3, 0.4) is 0 Å². The molecular formula is C16H24N2O3. The number of rotatable bonds is 5. The zero-order valence-electron chi connectivity index (χ0n) is 13.1. The largest absolute Gasteiger partial charge is 0.469 e. The van der Waals surface area contributed by atoms with Crippen LogP contribution in [0.25, 0.3) is 0 Å². The van der Waals surface area contributed by atoms with E-state index in [4.69, 9.17) is 4.42 Å². The van der Waals surface area contributed by atoms with Gasteiger partial charge in [0, 0.05) is 12.5 Å². The van der Waals surface area contributed by atoms with Crippen molar-refractivity contribution in [2.24, 2.45) is 5.92 Å². The molecule has 2 amide bonds. The number of piperazine rings is 1. The summed E-state index contributed by atoms with van der Waals surface area (Å²) in [6.45, 7) is 7.80. The Hall–Kier alpha value is -1.78. The molecule has 0 saturated carbocycles. The maximum Gasteiger partial charge on any atom is 0.246 e. The van der Waals surface area contributed by atoms with Crippen LogP contribution in [-0.2, 0) is 16.0 Å². The normalized spacial score (nSPS) is 24.3. The van der Waals surface area contributed by atoms with Crippen molar-refractivity contribution < 1.29 is 14.0 Å². The third-order valence-electron chi connectivity index (χ3n) is 4.06. The highest BCUT2D eigenvalue weighted by Crippen LogP contribution is 2.22. The molecule has 0 aliphatic carbocycles. The molecule has 2 heterocycles. The van der Waals surface area contributed by atoms with Crippen LogP contribution in [0.15, 0.2) is 22.8 Å². The summed E-state index contributed by atoms with van der Waals surface area (Å²) in [5, 5.41) is 2.86. The van der Waals surface area contributed by atoms with Crippen molar-refractivity contribution in [3.05, 3.63) is 24.2 Å². The monoisotopic (exact) mass is 292 g/mol. The van der Waals surface area contributed by atoms with E-state index in [-0.39, 0.29) is 23.8 Å². The zero-order chi connectivity index (χ0) is 15.6. The molecule has 1 aromatic rings. The molecule has 0 spiro atoms. The first-order chi connectivity index (χ1) is 9.95. The van der Waals surface area contributed by atoms with Gasteiger partial charge in [-0.3, -0.25) is 9.59 Å². The second kappa shape index (κ2) is 6.33. The molecule has 1 aliphatic rings. The number of hydrogen-bond acceptors (Lipinski definition) is 3. The second-order valence-corrected chi connectivity index (χ2v) is 6.03. The minimum absolute atomic E-state index is 0.00973. The average Bonchev–Trinajstić information content (AvgIpc) is 2.92. The van der Waals surface area contributed by atoms with E-state index in [0.717, 1.165) is 5.76 Å². The molecule has 5 nitrogen and oxygen atoms in total. The fourth-order valence-electron chi connectivity index (χ4n) is 2.93. The first-order valence-electron chi connectivity index (χ1n) is 7.60. The van der Waals surface area contributed by atoms with Crippen LogP contribution in [-0.4, -0.2) is 34.8 Å². The Labute approximate surface area is 125 Å². The minimum atomic E-state index is -0.431. The Morgan fingerprint density at radius 1 is 1.33 bits per heavy atom. The van der Waals surface area contributed by atoms with Crippen LogP contribution in [0, 0.1) is 5.92 Å². The molecule has 1 saturated heterocycles. The van der Waals surface area contributed by atoms with E-state index in [1.807, 2.05) is 39.8 Å². The number of carbonyl (C=O) groups excluding carboxylic acids is 2. The zero-order valence-corrected chi connectivity index (χ0v) is 13.1. The summed E-state index contributed by atoms with van der Waals surface area (Å²) < 4.78 is 5.36. The Bertz CT molecular complexity index is 496. The predicted octanol–water partition coefficient (Wildman–Crippen LogP) is 1.97. The highest BCUT2D eigenvalue weighted by molar-refractivity contribution is 5.97. The van der Waals surface area contributed by atoms with Gasteiger partial charge >= 0.3 is 0 Å². The Morgan fingerprint density at radius 2 is 2.05 bits per heavy atom. The molecule has 0 radical (unpaired) electrons. The van der Waals surface area contributed by atoms with Crippen molar-refractivity contribution >= 4 is 11.8 Å². The molecule has 1 aromatic heterocycles. The van der Waals surface area contributed by atoms with Crippen molar-refractivity contribution in [3.8, 4) is 0 Å². The van der Waals surface area contributed by atoms with Gasteiger partial charge in [0.05, 0.1) is 6.26 Å². The van der Waals surface area contributed by atoms with Gasteiger partial charge in [-0.1, -0.05) is 20.8 Å². The first kappa shape index (κ1) is 15.6. The number of nitrogens with zero attached hydrogens (tertiary/aromatic N) is 1. The molecule has 1 aliphatic heterocycles. The number of carbonyl (C=O) groups is 2. The van der Waals surface area contributed by atoms with Gasteiger partial charge in [-0.2, -0.15) is 0 Å². The standard InChI is InChI=1S/C16H24N2O3/c1-5-13-15(19)17-14(10(2)3)16(20)18(13)11(4)9-12-7-6-8-21-12/h6-8,10-11,13-14H,5,9H2,1-4H3,(H,17,19). The summed E-state index contributed by atoms with van der Waals surface area (Å²) in [4.78, 5) is 26.7. The molecule has 1 N–H and O–H groups in total. The third-order valence-corrected chi connectivity index (χ3v) is 4.06. The molecule has 5 heteroatoms. The molecule has 3 atom stereocenters. The molecule has 1 fully saturated rings. The smallest absolute Gasteiger partial charge is 0.246 e. The van der Waals surface area contributed by atoms with Crippen LogP contribution in [0.2, 0.25) is 0 Å². The molecule has 116 valence electrons. The topological polar surface area (TPSA) is 62.6 Å². The SMILES string of the molecule is CCC1C(=O)NC(C(C)C)C(=O)N1C(C)Cc1ccco1. The highest BCUT2D eigenvalue weighted by Gasteiger charge is 2.42. The Balaban J connectivity index is 2.22. The molecule has 3 unspecified atom stereocenters. The maximum atomic E-state index is 12.7. The Kier molecular flexibility index (Phi) is 4.70. The lowest BCUT2D eigenvalue weighted by molar-refractivity contribution is -0.153. The molecular weight excluding hydrogens is 268 g/mol. The van der Waals surface area contributed by atoms with Crippen molar-refractivity contribution in [2.75, 3.05) is 0 Å². The quantitative estimate of drug-likeness (QED) is 0.902. The summed E-state index contributed by atoms with van der Waals surface area (Å²) in [6.07, 6.45) is 2.86. The van der Waals surface area contributed by atoms with Crippen molar-refractivity contribution in [1.82, 2.24) is 10.2 Å². The van der Waals surface area contributed by atoms with Gasteiger partial charge in [0.15, 0.2) is 0 Å². The first-order valence-corrected chi connectivity index (χ1v) is 7.60. The molecule has 2 rings (SSSR count). The van der Waals surface area contributed by atoms with Crippen molar-refractivity contribution in [3.63, 3.8) is 0 Å². The predicted molar refractivity (Wildman–Crippen MR) is 79.6 cm³/mol. The van der Waals surface area contributed by atoms with Crippen molar-refractivity contribution in [2.45, 2.75) is 58.7 Å². The lowest BCUT2D eigenvalue weighted by atomic mass is 9.94. The second-order valence-electron chi connectivity index (χ2n) is 6.03. The fraction of sp³-hybridized carbons (Fsp3) is 0.625. The third kappa shape index (κ3) is 3.12. The van der Waals surface area contributed by atoms with Crippen LogP contribution in [0.5, 0.6) is 0 Å². The summed E-state index contributed by atoms with van der Waals surface area (Å²) in [5.41, 5.74) is 0. The van der Waals surface area contributed by atoms with Gasteiger partial charge in [-0.25, -0.2) is 0 Å². The summed E-state index contributed by atoms with van der Waals surface area (Å²) in [6, 6.07) is 2.84. The van der Waals surface area contributed by atoms with E-state index < -0.39 is 12.1 Å². The van der Waals surface area contributed by atoms with Gasteiger partial charge in [-0.15, -0.1) is 0 Å². The lowest BCUT2D eigenvalue weighted by Crippen LogP contribution is -2.66. The highest BCUT2D eigenvalue weighted by atomic mass is 16.3.